The smallest absolute Gasteiger partial charge is 0.153 e. The lowest BCUT2D eigenvalue weighted by atomic mass is 10.2. The standard InChI is InChI=1S/C16H10ClN3O/c17-15-8-14(21-10-11-4-2-1-3-5-11)16-12(20-15)6-7-19-13(16)9-18/h1-8H,10H2. The zero-order chi connectivity index (χ0) is 14.7. The highest BCUT2D eigenvalue weighted by Crippen LogP contribution is 2.29. The van der Waals surface area contributed by atoms with Crippen molar-refractivity contribution < 1.29 is 4.74 Å². The lowest BCUT2D eigenvalue weighted by Crippen LogP contribution is -1.98. The SMILES string of the molecule is N#Cc1nccc2nc(Cl)cc(OCc3ccccc3)c12. The molecule has 3 aromatic rings. The number of fused-ring (bicyclic) bond motifs is 1. The van der Waals surface area contributed by atoms with Gasteiger partial charge in [0.15, 0.2) is 5.69 Å². The number of rotatable bonds is 3. The van der Waals surface area contributed by atoms with E-state index >= 15 is 0 Å². The number of ether oxygens (including phenoxy) is 1. The summed E-state index contributed by atoms with van der Waals surface area (Å²) in [6.45, 7) is 0.385. The Balaban J connectivity index is 2.03. The first-order chi connectivity index (χ1) is 10.3. The maximum atomic E-state index is 9.19. The number of hydrogen-bond donors (Lipinski definition) is 0. The summed E-state index contributed by atoms with van der Waals surface area (Å²) in [5.74, 6) is 0.513. The number of aromatic nitrogens is 2. The van der Waals surface area contributed by atoms with Crippen LogP contribution in [0.1, 0.15) is 11.3 Å². The fourth-order valence-corrected chi connectivity index (χ4v) is 2.24. The Hall–Kier alpha value is -2.64. The van der Waals surface area contributed by atoms with Gasteiger partial charge in [0, 0.05) is 12.3 Å². The number of nitriles is 1. The van der Waals surface area contributed by atoms with E-state index in [0.717, 1.165) is 5.56 Å². The van der Waals surface area contributed by atoms with Crippen LogP contribution in [0.4, 0.5) is 0 Å². The van der Waals surface area contributed by atoms with Crippen LogP contribution in [0.3, 0.4) is 0 Å². The highest BCUT2D eigenvalue weighted by molar-refractivity contribution is 6.30. The van der Waals surface area contributed by atoms with Gasteiger partial charge in [0.1, 0.15) is 23.6 Å². The highest BCUT2D eigenvalue weighted by atomic mass is 35.5. The van der Waals surface area contributed by atoms with Crippen molar-refractivity contribution in [3.63, 3.8) is 0 Å². The molecule has 0 aliphatic carbocycles. The monoisotopic (exact) mass is 295 g/mol. The summed E-state index contributed by atoms with van der Waals surface area (Å²) < 4.78 is 5.81. The predicted octanol–water partition coefficient (Wildman–Crippen LogP) is 3.73. The molecule has 21 heavy (non-hydrogen) atoms. The van der Waals surface area contributed by atoms with E-state index in [2.05, 4.69) is 16.0 Å². The van der Waals surface area contributed by atoms with Crippen LogP contribution in [0.5, 0.6) is 5.75 Å². The summed E-state index contributed by atoms with van der Waals surface area (Å²) in [4.78, 5) is 8.24. The van der Waals surface area contributed by atoms with Crippen LogP contribution >= 0.6 is 11.6 Å². The van der Waals surface area contributed by atoms with Crippen molar-refractivity contribution in [3.8, 4) is 11.8 Å². The van der Waals surface area contributed by atoms with Crippen LogP contribution < -0.4 is 4.74 Å². The molecular weight excluding hydrogens is 286 g/mol. The molecule has 3 rings (SSSR count). The normalized spacial score (nSPS) is 10.3. The Morgan fingerprint density at radius 3 is 2.76 bits per heavy atom. The van der Waals surface area contributed by atoms with Crippen molar-refractivity contribution in [1.29, 1.82) is 5.26 Å². The molecule has 102 valence electrons. The Morgan fingerprint density at radius 1 is 1.19 bits per heavy atom. The summed E-state index contributed by atoms with van der Waals surface area (Å²) in [6, 6.07) is 15.1. The lowest BCUT2D eigenvalue weighted by Gasteiger charge is -2.10. The van der Waals surface area contributed by atoms with Crippen LogP contribution in [-0.2, 0) is 6.61 Å². The Labute approximate surface area is 126 Å². The van der Waals surface area contributed by atoms with Crippen LogP contribution in [0.25, 0.3) is 10.9 Å². The molecule has 1 aromatic carbocycles. The summed E-state index contributed by atoms with van der Waals surface area (Å²) in [7, 11) is 0. The molecule has 0 atom stereocenters. The lowest BCUT2D eigenvalue weighted by molar-refractivity contribution is 0.310. The molecule has 2 aromatic heterocycles. The third-order valence-corrected chi connectivity index (χ3v) is 3.19. The van der Waals surface area contributed by atoms with Crippen LogP contribution in [0.15, 0.2) is 48.7 Å². The summed E-state index contributed by atoms with van der Waals surface area (Å²) in [5, 5.41) is 10.1. The van der Waals surface area contributed by atoms with Gasteiger partial charge in [-0.15, -0.1) is 0 Å². The van der Waals surface area contributed by atoms with Gasteiger partial charge in [-0.1, -0.05) is 41.9 Å². The summed E-state index contributed by atoms with van der Waals surface area (Å²) >= 11 is 6.01. The van der Waals surface area contributed by atoms with E-state index < -0.39 is 0 Å². The molecule has 0 amide bonds. The maximum absolute atomic E-state index is 9.19. The van der Waals surface area contributed by atoms with E-state index in [1.54, 1.807) is 12.1 Å². The third kappa shape index (κ3) is 2.78. The van der Waals surface area contributed by atoms with E-state index in [1.165, 1.54) is 6.20 Å². The number of hydrogen-bond acceptors (Lipinski definition) is 4. The van der Waals surface area contributed by atoms with E-state index in [9.17, 15) is 5.26 Å². The van der Waals surface area contributed by atoms with E-state index in [0.29, 0.717) is 28.4 Å². The van der Waals surface area contributed by atoms with Crippen molar-refractivity contribution in [2.24, 2.45) is 0 Å². The average Bonchev–Trinajstić information content (AvgIpc) is 2.52. The fourth-order valence-electron chi connectivity index (χ4n) is 2.05. The van der Waals surface area contributed by atoms with E-state index in [1.807, 2.05) is 30.3 Å². The molecular formula is C16H10ClN3O. The third-order valence-electron chi connectivity index (χ3n) is 3.00. The van der Waals surface area contributed by atoms with E-state index in [-0.39, 0.29) is 5.69 Å². The van der Waals surface area contributed by atoms with Crippen molar-refractivity contribution >= 4 is 22.5 Å². The predicted molar refractivity (Wildman–Crippen MR) is 80.0 cm³/mol. The van der Waals surface area contributed by atoms with Crippen LogP contribution in [-0.4, -0.2) is 9.97 Å². The zero-order valence-electron chi connectivity index (χ0n) is 11.0. The van der Waals surface area contributed by atoms with E-state index in [4.69, 9.17) is 16.3 Å². The summed E-state index contributed by atoms with van der Waals surface area (Å²) in [6.07, 6.45) is 1.53. The van der Waals surface area contributed by atoms with Gasteiger partial charge in [-0.25, -0.2) is 9.97 Å². The second-order valence-electron chi connectivity index (χ2n) is 4.38. The number of pyridine rings is 2. The second kappa shape index (κ2) is 5.78. The summed E-state index contributed by atoms with van der Waals surface area (Å²) in [5.41, 5.74) is 1.90. The topological polar surface area (TPSA) is 58.8 Å². The maximum Gasteiger partial charge on any atom is 0.153 e. The highest BCUT2D eigenvalue weighted by Gasteiger charge is 2.11. The molecule has 0 spiro atoms. The molecule has 4 nitrogen and oxygen atoms in total. The van der Waals surface area contributed by atoms with Crippen LogP contribution in [0.2, 0.25) is 5.15 Å². The van der Waals surface area contributed by atoms with Gasteiger partial charge in [-0.05, 0) is 11.6 Å². The molecule has 0 N–H and O–H groups in total. The average molecular weight is 296 g/mol. The molecule has 0 unspecified atom stereocenters. The minimum absolute atomic E-state index is 0.278. The first-order valence-corrected chi connectivity index (χ1v) is 6.68. The van der Waals surface area contributed by atoms with Gasteiger partial charge in [0.25, 0.3) is 0 Å². The molecule has 5 heteroatoms. The second-order valence-corrected chi connectivity index (χ2v) is 4.77. The van der Waals surface area contributed by atoms with Crippen molar-refractivity contribution in [1.82, 2.24) is 9.97 Å². The van der Waals surface area contributed by atoms with Crippen LogP contribution in [0, 0.1) is 11.3 Å². The Kier molecular flexibility index (Phi) is 3.67. The van der Waals surface area contributed by atoms with Gasteiger partial charge in [-0.2, -0.15) is 5.26 Å². The molecule has 0 bridgehead atoms. The molecule has 0 saturated carbocycles. The van der Waals surface area contributed by atoms with Crippen molar-refractivity contribution in [2.45, 2.75) is 6.61 Å². The van der Waals surface area contributed by atoms with Gasteiger partial charge in [0.2, 0.25) is 0 Å². The fraction of sp³-hybridized carbons (Fsp3) is 0.0625. The van der Waals surface area contributed by atoms with Gasteiger partial charge >= 0.3 is 0 Å². The molecule has 0 aliphatic rings. The minimum atomic E-state index is 0.278. The minimum Gasteiger partial charge on any atom is -0.488 e. The first kappa shape index (κ1) is 13.3. The Morgan fingerprint density at radius 2 is 2.00 bits per heavy atom. The van der Waals surface area contributed by atoms with Gasteiger partial charge < -0.3 is 4.74 Å². The number of nitrogens with zero attached hydrogens (tertiary/aromatic N) is 3. The first-order valence-electron chi connectivity index (χ1n) is 6.30. The largest absolute Gasteiger partial charge is 0.488 e. The number of halogens is 1. The van der Waals surface area contributed by atoms with Gasteiger partial charge in [0.05, 0.1) is 10.9 Å². The zero-order valence-corrected chi connectivity index (χ0v) is 11.7. The molecule has 0 saturated heterocycles. The molecule has 0 fully saturated rings. The quantitative estimate of drug-likeness (QED) is 0.691. The van der Waals surface area contributed by atoms with Crippen molar-refractivity contribution in [2.75, 3.05) is 0 Å². The van der Waals surface area contributed by atoms with Crippen molar-refractivity contribution in [3.05, 3.63) is 65.1 Å². The number of benzene rings is 1. The molecule has 2 heterocycles. The molecule has 0 radical (unpaired) electrons. The van der Waals surface area contributed by atoms with Gasteiger partial charge in [-0.3, -0.25) is 0 Å². The molecule has 0 aliphatic heterocycles. The Bertz CT molecular complexity index is 828.